The van der Waals surface area contributed by atoms with Gasteiger partial charge >= 0.3 is 0 Å². The zero-order valence-corrected chi connectivity index (χ0v) is 16.4. The maximum Gasteiger partial charge on any atom is 0.295 e. The summed E-state index contributed by atoms with van der Waals surface area (Å²) in [5, 5.41) is 16.1. The number of aryl methyl sites for hydroxylation is 1. The van der Waals surface area contributed by atoms with Crippen LogP contribution in [0.2, 0.25) is 0 Å². The summed E-state index contributed by atoms with van der Waals surface area (Å²) >= 11 is 0. The lowest BCUT2D eigenvalue weighted by Gasteiger charge is -2.36. The molecule has 0 atom stereocenters. The first kappa shape index (κ1) is 19.2. The van der Waals surface area contributed by atoms with Crippen LogP contribution in [0.15, 0.2) is 28.8 Å². The molecular weight excluding hydrogens is 376 g/mol. The molecule has 29 heavy (non-hydrogen) atoms. The summed E-state index contributed by atoms with van der Waals surface area (Å²) in [6, 6.07) is 7.10. The lowest BCUT2D eigenvalue weighted by molar-refractivity contribution is -0.383. The summed E-state index contributed by atoms with van der Waals surface area (Å²) in [6.45, 7) is 6.01. The van der Waals surface area contributed by atoms with Crippen LogP contribution < -0.4 is 4.90 Å². The fourth-order valence-corrected chi connectivity index (χ4v) is 3.63. The highest BCUT2D eigenvalue weighted by Gasteiger charge is 2.23. The standard InChI is InChI=1S/C19H22N6O4/c1-13-10-16(14-4-3-5-15(25(26)27)19(14)20-13)24-8-6-23(7-9-24)11-18-21-17(12-28-2)22-29-18/h3-5,10H,6-9,11-12H2,1-2H3. The van der Waals surface area contributed by atoms with Crippen molar-refractivity contribution in [1.29, 1.82) is 0 Å². The number of methoxy groups -OCH3 is 1. The molecule has 0 unspecified atom stereocenters. The Labute approximate surface area is 167 Å². The zero-order valence-electron chi connectivity index (χ0n) is 16.4. The molecule has 10 nitrogen and oxygen atoms in total. The molecule has 0 spiro atoms. The Hall–Kier alpha value is -3.11. The number of nitro benzene ring substituents is 1. The third-order valence-electron chi connectivity index (χ3n) is 4.98. The molecule has 0 radical (unpaired) electrons. The number of benzene rings is 1. The maximum atomic E-state index is 11.4. The number of nitrogens with zero attached hydrogens (tertiary/aromatic N) is 6. The van der Waals surface area contributed by atoms with E-state index in [1.54, 1.807) is 13.2 Å². The molecule has 0 bridgehead atoms. The first-order valence-electron chi connectivity index (χ1n) is 9.37. The molecule has 1 aliphatic heterocycles. The van der Waals surface area contributed by atoms with Gasteiger partial charge in [-0.05, 0) is 13.0 Å². The predicted molar refractivity (Wildman–Crippen MR) is 106 cm³/mol. The van der Waals surface area contributed by atoms with Crippen LogP contribution in [0.1, 0.15) is 17.4 Å². The summed E-state index contributed by atoms with van der Waals surface area (Å²) in [5.74, 6) is 1.12. The van der Waals surface area contributed by atoms with Gasteiger partial charge in [-0.15, -0.1) is 0 Å². The first-order chi connectivity index (χ1) is 14.0. The Balaban J connectivity index is 1.50. The van der Waals surface area contributed by atoms with Crippen molar-refractivity contribution < 1.29 is 14.2 Å². The number of pyridine rings is 1. The van der Waals surface area contributed by atoms with Crippen molar-refractivity contribution in [3.05, 3.63) is 51.8 Å². The second-order valence-corrected chi connectivity index (χ2v) is 7.01. The second-order valence-electron chi connectivity index (χ2n) is 7.01. The topological polar surface area (TPSA) is 111 Å². The molecule has 0 amide bonds. The normalized spacial score (nSPS) is 15.2. The van der Waals surface area contributed by atoms with Crippen molar-refractivity contribution in [2.24, 2.45) is 0 Å². The van der Waals surface area contributed by atoms with Gasteiger partial charge in [0.25, 0.3) is 5.69 Å². The Morgan fingerprint density at radius 1 is 1.24 bits per heavy atom. The van der Waals surface area contributed by atoms with Crippen LogP contribution in [0, 0.1) is 17.0 Å². The van der Waals surface area contributed by atoms with Gasteiger partial charge in [-0.25, -0.2) is 4.98 Å². The Morgan fingerprint density at radius 2 is 2.03 bits per heavy atom. The lowest BCUT2D eigenvalue weighted by Crippen LogP contribution is -2.46. The monoisotopic (exact) mass is 398 g/mol. The average molecular weight is 398 g/mol. The van der Waals surface area contributed by atoms with E-state index in [2.05, 4.69) is 24.9 Å². The van der Waals surface area contributed by atoms with Gasteiger partial charge in [0.05, 0.1) is 11.5 Å². The number of fused-ring (bicyclic) bond motifs is 1. The average Bonchev–Trinajstić information content (AvgIpc) is 3.14. The number of anilines is 1. The van der Waals surface area contributed by atoms with Crippen LogP contribution in [0.3, 0.4) is 0 Å². The highest BCUT2D eigenvalue weighted by molar-refractivity contribution is 5.97. The fraction of sp³-hybridized carbons (Fsp3) is 0.421. The number of hydrogen-bond donors (Lipinski definition) is 0. The van der Waals surface area contributed by atoms with Crippen LogP contribution in [0.25, 0.3) is 10.9 Å². The van der Waals surface area contributed by atoms with Gasteiger partial charge in [0.1, 0.15) is 6.61 Å². The van der Waals surface area contributed by atoms with Crippen molar-refractivity contribution in [2.75, 3.05) is 38.2 Å². The quantitative estimate of drug-likeness (QED) is 0.456. The summed E-state index contributed by atoms with van der Waals surface area (Å²) in [4.78, 5) is 24.3. The van der Waals surface area contributed by atoms with Crippen molar-refractivity contribution in [3.63, 3.8) is 0 Å². The van der Waals surface area contributed by atoms with Gasteiger partial charge in [0.15, 0.2) is 11.3 Å². The lowest BCUT2D eigenvalue weighted by atomic mass is 10.1. The molecule has 0 aliphatic carbocycles. The molecular formula is C19H22N6O4. The second kappa shape index (κ2) is 8.10. The third kappa shape index (κ3) is 4.03. The van der Waals surface area contributed by atoms with Crippen LogP contribution in [0.5, 0.6) is 0 Å². The number of non-ortho nitro benzene ring substituents is 1. The van der Waals surface area contributed by atoms with Gasteiger partial charge < -0.3 is 14.2 Å². The summed E-state index contributed by atoms with van der Waals surface area (Å²) in [6.07, 6.45) is 0. The molecule has 1 aromatic carbocycles. The summed E-state index contributed by atoms with van der Waals surface area (Å²) in [5.41, 5.74) is 2.22. The molecule has 10 heteroatoms. The molecule has 0 N–H and O–H groups in total. The van der Waals surface area contributed by atoms with Gasteiger partial charge in [0, 0.05) is 56.1 Å². The van der Waals surface area contributed by atoms with Gasteiger partial charge in [-0.3, -0.25) is 15.0 Å². The molecule has 4 rings (SSSR count). The van der Waals surface area contributed by atoms with E-state index in [0.717, 1.165) is 42.9 Å². The van der Waals surface area contributed by atoms with Crippen molar-refractivity contribution in [3.8, 4) is 0 Å². The molecule has 1 fully saturated rings. The number of piperazine rings is 1. The van der Waals surface area contributed by atoms with Crippen LogP contribution in [-0.4, -0.2) is 58.2 Å². The van der Waals surface area contributed by atoms with E-state index in [-0.39, 0.29) is 10.6 Å². The highest BCUT2D eigenvalue weighted by atomic mass is 16.6. The van der Waals surface area contributed by atoms with E-state index in [1.165, 1.54) is 6.07 Å². The minimum absolute atomic E-state index is 0.0364. The SMILES string of the molecule is COCc1noc(CN2CCN(c3cc(C)nc4c([N+](=O)[O-])cccc34)CC2)n1. The summed E-state index contributed by atoms with van der Waals surface area (Å²) in [7, 11) is 1.59. The van der Waals surface area contributed by atoms with E-state index in [0.29, 0.717) is 30.4 Å². The van der Waals surface area contributed by atoms with E-state index in [1.807, 2.05) is 19.1 Å². The third-order valence-corrected chi connectivity index (χ3v) is 4.98. The number of hydrogen-bond acceptors (Lipinski definition) is 9. The van der Waals surface area contributed by atoms with Gasteiger partial charge in [-0.2, -0.15) is 4.98 Å². The molecule has 3 heterocycles. The van der Waals surface area contributed by atoms with Crippen LogP contribution in [0.4, 0.5) is 11.4 Å². The molecule has 1 saturated heterocycles. The molecule has 152 valence electrons. The fourth-order valence-electron chi connectivity index (χ4n) is 3.63. The number of aromatic nitrogens is 3. The Morgan fingerprint density at radius 3 is 2.76 bits per heavy atom. The largest absolute Gasteiger partial charge is 0.377 e. The zero-order chi connectivity index (χ0) is 20.4. The number of nitro groups is 1. The van der Waals surface area contributed by atoms with Crippen LogP contribution >= 0.6 is 0 Å². The summed E-state index contributed by atoms with van der Waals surface area (Å²) < 4.78 is 10.3. The molecule has 2 aromatic heterocycles. The van der Waals surface area contributed by atoms with E-state index >= 15 is 0 Å². The molecule has 3 aromatic rings. The van der Waals surface area contributed by atoms with Crippen molar-refractivity contribution >= 4 is 22.3 Å². The van der Waals surface area contributed by atoms with Crippen molar-refractivity contribution in [2.45, 2.75) is 20.1 Å². The predicted octanol–water partition coefficient (Wildman–Crippen LogP) is 2.30. The minimum atomic E-state index is -0.376. The van der Waals surface area contributed by atoms with E-state index in [4.69, 9.17) is 9.26 Å². The smallest absolute Gasteiger partial charge is 0.295 e. The van der Waals surface area contributed by atoms with Crippen molar-refractivity contribution in [1.82, 2.24) is 20.0 Å². The Kier molecular flexibility index (Phi) is 5.36. The van der Waals surface area contributed by atoms with E-state index in [9.17, 15) is 10.1 Å². The number of para-hydroxylation sites is 1. The molecule has 1 aliphatic rings. The number of ether oxygens (including phenoxy) is 1. The Bertz CT molecular complexity index is 1030. The van der Waals surface area contributed by atoms with Crippen LogP contribution in [-0.2, 0) is 17.9 Å². The van der Waals surface area contributed by atoms with Gasteiger partial charge in [-0.1, -0.05) is 17.3 Å². The first-order valence-corrected chi connectivity index (χ1v) is 9.37. The maximum absolute atomic E-state index is 11.4. The minimum Gasteiger partial charge on any atom is -0.377 e. The highest BCUT2D eigenvalue weighted by Crippen LogP contribution is 2.32. The molecule has 0 saturated carbocycles. The number of rotatable bonds is 6. The van der Waals surface area contributed by atoms with E-state index < -0.39 is 0 Å². The van der Waals surface area contributed by atoms with Gasteiger partial charge in [0.2, 0.25) is 5.89 Å².